The predicted octanol–water partition coefficient (Wildman–Crippen LogP) is 25.1. The molecule has 0 spiro atoms. The van der Waals surface area contributed by atoms with Crippen molar-refractivity contribution < 1.29 is 65.9 Å². The number of aryl methyl sites for hydroxylation is 5. The molecule has 0 fully saturated rings. The average Bonchev–Trinajstić information content (AvgIpc) is 1.61. The van der Waals surface area contributed by atoms with Crippen LogP contribution in [0, 0.1) is 41.2 Å². The molecule has 2 heterocycles. The van der Waals surface area contributed by atoms with Gasteiger partial charge in [0, 0.05) is 27.2 Å². The Kier molecular flexibility index (Phi) is 15.0. The van der Waals surface area contributed by atoms with E-state index in [2.05, 4.69) is 17.0 Å². The summed E-state index contributed by atoms with van der Waals surface area (Å²) in [6.07, 6.45) is -25.5. The number of fused-ring (bicyclic) bond motifs is 6. The van der Waals surface area contributed by atoms with E-state index in [0.717, 1.165) is 61.8 Å². The van der Waals surface area contributed by atoms with Crippen LogP contribution in [0.25, 0.3) is 127 Å². The van der Waals surface area contributed by atoms with E-state index >= 15 is 0 Å². The highest BCUT2D eigenvalue weighted by molar-refractivity contribution is 6.14. The summed E-state index contributed by atoms with van der Waals surface area (Å²) in [5.74, 6) is 0. The minimum atomic E-state index is -5.32. The number of hydrogen-bond acceptors (Lipinski definition) is 0. The lowest BCUT2D eigenvalue weighted by atomic mass is 9.91. The minimum absolute atomic E-state index is 0.00939. The Bertz CT molecular complexity index is 5220. The van der Waals surface area contributed by atoms with Gasteiger partial charge in [-0.25, -0.2) is 4.85 Å². The summed E-state index contributed by atoms with van der Waals surface area (Å²) < 4.78 is 219. The van der Waals surface area contributed by atoms with E-state index in [0.29, 0.717) is 80.1 Å². The van der Waals surface area contributed by atoms with Crippen LogP contribution in [0.3, 0.4) is 0 Å². The zero-order valence-electron chi connectivity index (χ0n) is 50.6. The lowest BCUT2D eigenvalue weighted by Gasteiger charge is -2.20. The summed E-state index contributed by atoms with van der Waals surface area (Å²) in [5.41, 5.74) is 3.75. The van der Waals surface area contributed by atoms with Crippen molar-refractivity contribution in [3.63, 3.8) is 0 Å². The van der Waals surface area contributed by atoms with E-state index < -0.39 is 69.8 Å². The number of alkyl halides is 15. The van der Waals surface area contributed by atoms with Crippen LogP contribution in [0.1, 0.15) is 55.6 Å². The Hall–Kier alpha value is -10.5. The SMILES string of the molecule is [C-]#[N+]c1ccc(-n2c3ccc(-c4ccc(C)cc4C)cc3c3cc(-c4ccc(C(F)(F)F)cc4C)ccc32)c(-c2cc(-n3c4ccc(-c5ccc(C(F)(F)F)cc5C(F)(F)F)cc4c4cc(-c5ccc(C(F)(F)F)cc5C(F)(F)F)ccc43)ccc2-c2cc(C)cc(C)c2)c1. The molecule has 0 aliphatic rings. The maximum absolute atomic E-state index is 14.9. The highest BCUT2D eigenvalue weighted by atomic mass is 19.4. The first-order valence-corrected chi connectivity index (χ1v) is 29.5. The summed E-state index contributed by atoms with van der Waals surface area (Å²) in [4.78, 5) is 3.88. The zero-order valence-corrected chi connectivity index (χ0v) is 50.6. The number of halogens is 15. The molecule has 0 atom stereocenters. The number of hydrogen-bond donors (Lipinski definition) is 0. The van der Waals surface area contributed by atoms with Gasteiger partial charge in [-0.05, 0) is 222 Å². The third-order valence-corrected chi connectivity index (χ3v) is 17.4. The zero-order chi connectivity index (χ0) is 67.7. The molecule has 0 saturated heterocycles. The lowest BCUT2D eigenvalue weighted by molar-refractivity contribution is -0.144. The molecule has 95 heavy (non-hydrogen) atoms. The van der Waals surface area contributed by atoms with Gasteiger partial charge in [0.15, 0.2) is 5.69 Å². The van der Waals surface area contributed by atoms with Gasteiger partial charge in [0.1, 0.15) is 0 Å². The second kappa shape index (κ2) is 22.6. The molecule has 3 nitrogen and oxygen atoms in total. The molecule has 18 heteroatoms. The van der Waals surface area contributed by atoms with Gasteiger partial charge < -0.3 is 9.13 Å². The molecule has 0 aliphatic heterocycles. The number of aromatic nitrogens is 2. The highest BCUT2D eigenvalue weighted by Gasteiger charge is 2.41. The van der Waals surface area contributed by atoms with Crippen LogP contribution in [0.2, 0.25) is 0 Å². The van der Waals surface area contributed by atoms with Crippen molar-refractivity contribution in [3.8, 4) is 78.1 Å². The molecule has 0 aliphatic carbocycles. The summed E-state index contributed by atoms with van der Waals surface area (Å²) in [6.45, 7) is 17.8. The fourth-order valence-electron chi connectivity index (χ4n) is 13.2. The number of rotatable bonds is 8. The first-order valence-electron chi connectivity index (χ1n) is 29.5. The molecule has 11 aromatic carbocycles. The minimum Gasteiger partial charge on any atom is -0.309 e. The Labute approximate surface area is 533 Å². The topological polar surface area (TPSA) is 14.2 Å². The molecule has 476 valence electrons. The first kappa shape index (κ1) is 63.2. The van der Waals surface area contributed by atoms with E-state index in [4.69, 9.17) is 6.57 Å². The van der Waals surface area contributed by atoms with Crippen molar-refractivity contribution >= 4 is 49.3 Å². The average molecular weight is 1300 g/mol. The standard InChI is InChI=1S/C77H48F15N3/c1-40-7-17-55(43(4)28-40)45-8-24-70-63(32-45)64-33-46(56-18-12-50(31-44(56)5)73(78,79)80)9-25-71(64)95(70)72-26-15-53(93-6)38-65(72)60-39-54(16-21-57(60)49-29-41(2)27-42(3)30-49)94-68-22-10-47(58-19-13-51(74(81,82)83)36-66(58)76(87,88)89)34-61(68)62-35-48(11-23-69(62)94)59-20-14-52(75(84,85)86)37-67(59)77(90,91)92/h7-39H,1-5H3. The molecule has 13 rings (SSSR count). The van der Waals surface area contributed by atoms with Gasteiger partial charge in [-0.15, -0.1) is 0 Å². The van der Waals surface area contributed by atoms with Crippen LogP contribution in [0.15, 0.2) is 200 Å². The normalized spacial score (nSPS) is 12.6. The van der Waals surface area contributed by atoms with Crippen LogP contribution in [0.4, 0.5) is 71.5 Å². The van der Waals surface area contributed by atoms with Gasteiger partial charge in [0.05, 0.1) is 62.1 Å². The predicted molar refractivity (Wildman–Crippen MR) is 343 cm³/mol. The van der Waals surface area contributed by atoms with Crippen molar-refractivity contribution in [1.82, 2.24) is 9.13 Å². The van der Waals surface area contributed by atoms with Crippen LogP contribution in [-0.2, 0) is 30.9 Å². The second-order valence-corrected chi connectivity index (χ2v) is 23.9. The molecular formula is C77H48F15N3. The Morgan fingerprint density at radius 1 is 0.284 bits per heavy atom. The maximum atomic E-state index is 14.9. The quantitative estimate of drug-likeness (QED) is 0.106. The van der Waals surface area contributed by atoms with E-state index in [9.17, 15) is 65.9 Å². The fourth-order valence-corrected chi connectivity index (χ4v) is 13.2. The molecule has 13 aromatic rings. The smallest absolute Gasteiger partial charge is 0.309 e. The summed E-state index contributed by atoms with van der Waals surface area (Å²) in [6, 6.07) is 48.2. The molecule has 0 unspecified atom stereocenters. The Morgan fingerprint density at radius 2 is 0.684 bits per heavy atom. The van der Waals surface area contributed by atoms with E-state index in [1.807, 2.05) is 111 Å². The third-order valence-electron chi connectivity index (χ3n) is 17.4. The summed E-state index contributed by atoms with van der Waals surface area (Å²) in [5, 5.41) is 1.70. The van der Waals surface area contributed by atoms with E-state index in [1.165, 1.54) is 42.5 Å². The largest absolute Gasteiger partial charge is 0.417 e. The first-order chi connectivity index (χ1) is 44.7. The highest BCUT2D eigenvalue weighted by Crippen LogP contribution is 2.49. The van der Waals surface area contributed by atoms with Crippen molar-refractivity contribution in [2.24, 2.45) is 0 Å². The molecule has 0 amide bonds. The molecule has 0 radical (unpaired) electrons. The fraction of sp³-hybridized carbons (Fsp3) is 0.130. The van der Waals surface area contributed by atoms with Crippen LogP contribution >= 0.6 is 0 Å². The van der Waals surface area contributed by atoms with Crippen molar-refractivity contribution in [1.29, 1.82) is 0 Å². The summed E-state index contributed by atoms with van der Waals surface area (Å²) in [7, 11) is 0. The van der Waals surface area contributed by atoms with Gasteiger partial charge >= 0.3 is 30.9 Å². The molecule has 2 aromatic heterocycles. The number of benzene rings is 11. The molecule has 0 N–H and O–H groups in total. The Balaban J connectivity index is 1.09. The van der Waals surface area contributed by atoms with E-state index in [-0.39, 0.29) is 50.8 Å². The van der Waals surface area contributed by atoms with Crippen molar-refractivity contribution in [3.05, 3.63) is 267 Å². The van der Waals surface area contributed by atoms with Gasteiger partial charge in [0.25, 0.3) is 0 Å². The van der Waals surface area contributed by atoms with Crippen molar-refractivity contribution in [2.45, 2.75) is 65.5 Å². The van der Waals surface area contributed by atoms with Crippen LogP contribution in [0.5, 0.6) is 0 Å². The third kappa shape index (κ3) is 11.5. The van der Waals surface area contributed by atoms with Gasteiger partial charge in [-0.1, -0.05) is 108 Å². The van der Waals surface area contributed by atoms with Crippen LogP contribution in [-0.4, -0.2) is 9.13 Å². The monoisotopic (exact) mass is 1300 g/mol. The Morgan fingerprint density at radius 3 is 1.11 bits per heavy atom. The maximum Gasteiger partial charge on any atom is 0.417 e. The molecule has 0 bridgehead atoms. The van der Waals surface area contributed by atoms with Crippen LogP contribution < -0.4 is 0 Å². The van der Waals surface area contributed by atoms with Gasteiger partial charge in [0.2, 0.25) is 0 Å². The van der Waals surface area contributed by atoms with Gasteiger partial charge in [-0.2, -0.15) is 65.9 Å². The lowest BCUT2D eigenvalue weighted by Crippen LogP contribution is -2.12. The molecule has 0 saturated carbocycles. The molecular weight excluding hydrogens is 1250 g/mol. The second-order valence-electron chi connectivity index (χ2n) is 23.9. The number of nitrogens with zero attached hydrogens (tertiary/aromatic N) is 3. The van der Waals surface area contributed by atoms with E-state index in [1.54, 1.807) is 29.7 Å². The summed E-state index contributed by atoms with van der Waals surface area (Å²) >= 11 is 0. The van der Waals surface area contributed by atoms with Gasteiger partial charge in [-0.3, -0.25) is 0 Å². The van der Waals surface area contributed by atoms with Crippen molar-refractivity contribution in [2.75, 3.05) is 0 Å².